The van der Waals surface area contributed by atoms with Crippen LogP contribution in [0, 0.1) is 0 Å². The van der Waals surface area contributed by atoms with Crippen molar-refractivity contribution in [2.75, 3.05) is 7.11 Å². The maximum absolute atomic E-state index is 11.8. The largest absolute Gasteiger partial charge is 0.494 e. The summed E-state index contributed by atoms with van der Waals surface area (Å²) in [5.41, 5.74) is 0.642. The lowest BCUT2D eigenvalue weighted by Gasteiger charge is -2.05. The summed E-state index contributed by atoms with van der Waals surface area (Å²) in [6.45, 7) is 2.12. The molecule has 0 aliphatic carbocycles. The van der Waals surface area contributed by atoms with Crippen molar-refractivity contribution in [1.82, 2.24) is 4.98 Å². The van der Waals surface area contributed by atoms with Gasteiger partial charge in [-0.2, -0.15) is 0 Å². The van der Waals surface area contributed by atoms with E-state index in [1.165, 1.54) is 0 Å². The fraction of sp³-hybridized carbons (Fsp3) is 0.500. The van der Waals surface area contributed by atoms with Crippen molar-refractivity contribution >= 4 is 5.78 Å². The molecule has 0 amide bonds. The minimum absolute atomic E-state index is 0.141. The third-order valence-corrected chi connectivity index (χ3v) is 2.31. The van der Waals surface area contributed by atoms with E-state index in [1.54, 1.807) is 25.6 Å². The first kappa shape index (κ1) is 11.7. The first-order valence-corrected chi connectivity index (χ1v) is 5.30. The number of aromatic nitrogens is 1. The van der Waals surface area contributed by atoms with Crippen LogP contribution < -0.4 is 4.74 Å². The summed E-state index contributed by atoms with van der Waals surface area (Å²) in [6.07, 6.45) is 6.96. The number of rotatable bonds is 6. The minimum Gasteiger partial charge on any atom is -0.494 e. The Morgan fingerprint density at radius 1 is 1.47 bits per heavy atom. The summed E-state index contributed by atoms with van der Waals surface area (Å²) in [7, 11) is 1.56. The van der Waals surface area contributed by atoms with Crippen LogP contribution in [0.3, 0.4) is 0 Å². The van der Waals surface area contributed by atoms with Gasteiger partial charge in [-0.1, -0.05) is 19.8 Å². The van der Waals surface area contributed by atoms with Gasteiger partial charge >= 0.3 is 0 Å². The summed E-state index contributed by atoms with van der Waals surface area (Å²) in [5, 5.41) is 0. The van der Waals surface area contributed by atoms with Gasteiger partial charge in [-0.05, 0) is 12.5 Å². The van der Waals surface area contributed by atoms with Crippen LogP contribution in [0.15, 0.2) is 18.5 Å². The molecule has 0 atom stereocenters. The van der Waals surface area contributed by atoms with Gasteiger partial charge in [0.15, 0.2) is 5.78 Å². The molecular formula is C12H17NO2. The molecular weight excluding hydrogens is 190 g/mol. The van der Waals surface area contributed by atoms with Crippen LogP contribution in [-0.4, -0.2) is 17.9 Å². The lowest BCUT2D eigenvalue weighted by Crippen LogP contribution is -2.02. The van der Waals surface area contributed by atoms with E-state index in [4.69, 9.17) is 4.74 Å². The molecule has 0 radical (unpaired) electrons. The molecule has 15 heavy (non-hydrogen) atoms. The Balaban J connectivity index is 2.64. The Labute approximate surface area is 90.5 Å². The Kier molecular flexibility index (Phi) is 4.81. The summed E-state index contributed by atoms with van der Waals surface area (Å²) in [6, 6.07) is 1.72. The predicted molar refractivity (Wildman–Crippen MR) is 59.3 cm³/mol. The topological polar surface area (TPSA) is 39.2 Å². The van der Waals surface area contributed by atoms with Crippen LogP contribution >= 0.6 is 0 Å². The smallest absolute Gasteiger partial charge is 0.166 e. The van der Waals surface area contributed by atoms with Crippen molar-refractivity contribution in [3.63, 3.8) is 0 Å². The predicted octanol–water partition coefficient (Wildman–Crippen LogP) is 2.85. The van der Waals surface area contributed by atoms with Crippen LogP contribution in [0.4, 0.5) is 0 Å². The quantitative estimate of drug-likeness (QED) is 0.532. The fourth-order valence-electron chi connectivity index (χ4n) is 1.44. The molecule has 0 aliphatic rings. The Hall–Kier alpha value is -1.38. The van der Waals surface area contributed by atoms with Crippen molar-refractivity contribution in [3.05, 3.63) is 24.0 Å². The molecule has 0 saturated carbocycles. The summed E-state index contributed by atoms with van der Waals surface area (Å²) >= 11 is 0. The third-order valence-electron chi connectivity index (χ3n) is 2.31. The average molecular weight is 207 g/mol. The first-order chi connectivity index (χ1) is 7.29. The first-order valence-electron chi connectivity index (χ1n) is 5.30. The molecule has 0 saturated heterocycles. The van der Waals surface area contributed by atoms with Crippen molar-refractivity contribution in [2.24, 2.45) is 0 Å². The number of ketones is 1. The van der Waals surface area contributed by atoms with Crippen molar-refractivity contribution in [3.8, 4) is 5.75 Å². The molecule has 82 valence electrons. The Morgan fingerprint density at radius 3 is 2.93 bits per heavy atom. The number of Topliss-reactive ketones (excluding diaryl/α,β-unsaturated/α-hetero) is 1. The third kappa shape index (κ3) is 3.35. The Bertz CT molecular complexity index is 323. The summed E-state index contributed by atoms with van der Waals surface area (Å²) < 4.78 is 5.09. The monoisotopic (exact) mass is 207 g/mol. The highest BCUT2D eigenvalue weighted by molar-refractivity contribution is 5.98. The lowest BCUT2D eigenvalue weighted by molar-refractivity contribution is 0.0976. The van der Waals surface area contributed by atoms with E-state index in [-0.39, 0.29) is 5.78 Å². The second-order valence-electron chi connectivity index (χ2n) is 3.46. The molecule has 0 fully saturated rings. The van der Waals surface area contributed by atoms with E-state index in [1.807, 2.05) is 0 Å². The number of pyridine rings is 1. The molecule has 3 nitrogen and oxygen atoms in total. The number of nitrogens with zero attached hydrogens (tertiary/aromatic N) is 1. The van der Waals surface area contributed by atoms with Gasteiger partial charge in [-0.3, -0.25) is 9.78 Å². The van der Waals surface area contributed by atoms with E-state index in [2.05, 4.69) is 11.9 Å². The van der Waals surface area contributed by atoms with Gasteiger partial charge < -0.3 is 4.74 Å². The van der Waals surface area contributed by atoms with Gasteiger partial charge in [0.05, 0.1) is 18.9 Å². The lowest BCUT2D eigenvalue weighted by atomic mass is 10.1. The molecule has 1 heterocycles. The molecule has 3 heteroatoms. The number of ether oxygens (including phenoxy) is 1. The molecule has 0 unspecified atom stereocenters. The van der Waals surface area contributed by atoms with Crippen LogP contribution in [0.5, 0.6) is 5.75 Å². The highest BCUT2D eigenvalue weighted by Crippen LogP contribution is 2.18. The zero-order chi connectivity index (χ0) is 11.1. The van der Waals surface area contributed by atoms with E-state index >= 15 is 0 Å². The Morgan fingerprint density at radius 2 is 2.27 bits per heavy atom. The molecule has 0 aromatic carbocycles. The highest BCUT2D eigenvalue weighted by Gasteiger charge is 2.10. The molecule has 1 aromatic rings. The van der Waals surface area contributed by atoms with Crippen molar-refractivity contribution in [2.45, 2.75) is 32.6 Å². The van der Waals surface area contributed by atoms with Crippen molar-refractivity contribution in [1.29, 1.82) is 0 Å². The maximum atomic E-state index is 11.8. The van der Waals surface area contributed by atoms with Gasteiger partial charge in [0.2, 0.25) is 0 Å². The molecule has 1 rings (SSSR count). The number of methoxy groups -OCH3 is 1. The summed E-state index contributed by atoms with van der Waals surface area (Å²) in [5.74, 6) is 0.710. The van der Waals surface area contributed by atoms with Crippen LogP contribution in [-0.2, 0) is 0 Å². The van der Waals surface area contributed by atoms with Crippen LogP contribution in [0.1, 0.15) is 43.0 Å². The molecule has 0 spiro atoms. The second-order valence-corrected chi connectivity index (χ2v) is 3.46. The van der Waals surface area contributed by atoms with Gasteiger partial charge in [0.1, 0.15) is 5.75 Å². The van der Waals surface area contributed by atoms with E-state index < -0.39 is 0 Å². The maximum Gasteiger partial charge on any atom is 0.166 e. The molecule has 0 bridgehead atoms. The number of carbonyl (C=O) groups excluding carboxylic acids is 1. The standard InChI is InChI=1S/C12H17NO2/c1-3-4-5-6-11(14)10-7-8-13-9-12(10)15-2/h7-9H,3-6H2,1-2H3. The highest BCUT2D eigenvalue weighted by atomic mass is 16.5. The van der Waals surface area contributed by atoms with Crippen LogP contribution in [0.2, 0.25) is 0 Å². The minimum atomic E-state index is 0.141. The van der Waals surface area contributed by atoms with Gasteiger partial charge in [-0.25, -0.2) is 0 Å². The number of hydrogen-bond donors (Lipinski definition) is 0. The van der Waals surface area contributed by atoms with Gasteiger partial charge in [0, 0.05) is 12.6 Å². The average Bonchev–Trinajstić information content (AvgIpc) is 2.29. The van der Waals surface area contributed by atoms with E-state index in [9.17, 15) is 4.79 Å². The normalized spacial score (nSPS) is 10.0. The zero-order valence-corrected chi connectivity index (χ0v) is 9.32. The molecule has 1 aromatic heterocycles. The number of carbonyl (C=O) groups is 1. The molecule has 0 aliphatic heterocycles. The van der Waals surface area contributed by atoms with Crippen LogP contribution in [0.25, 0.3) is 0 Å². The molecule has 0 N–H and O–H groups in total. The SMILES string of the molecule is CCCCCC(=O)c1ccncc1OC. The second kappa shape index (κ2) is 6.17. The number of hydrogen-bond acceptors (Lipinski definition) is 3. The number of unbranched alkanes of at least 4 members (excludes halogenated alkanes) is 2. The van der Waals surface area contributed by atoms with Gasteiger partial charge in [-0.15, -0.1) is 0 Å². The fourth-order valence-corrected chi connectivity index (χ4v) is 1.44. The van der Waals surface area contributed by atoms with Gasteiger partial charge in [0.25, 0.3) is 0 Å². The van der Waals surface area contributed by atoms with E-state index in [0.717, 1.165) is 19.3 Å². The summed E-state index contributed by atoms with van der Waals surface area (Å²) in [4.78, 5) is 15.7. The van der Waals surface area contributed by atoms with Crippen molar-refractivity contribution < 1.29 is 9.53 Å². The zero-order valence-electron chi connectivity index (χ0n) is 9.32. The van der Waals surface area contributed by atoms with E-state index in [0.29, 0.717) is 17.7 Å².